The maximum atomic E-state index is 14.8. The topological polar surface area (TPSA) is 6.48 Å². The fraction of sp³-hybridized carbons (Fsp3) is 0.586. The molecule has 4 heterocycles. The number of nitrogens with zero attached hydrogens (tertiary/aromatic N) is 2. The van der Waals surface area contributed by atoms with Crippen LogP contribution in [0.5, 0.6) is 0 Å². The van der Waals surface area contributed by atoms with E-state index in [9.17, 15) is 52.7 Å². The lowest BCUT2D eigenvalue weighted by Gasteiger charge is -2.42. The zero-order valence-corrected chi connectivity index (χ0v) is 22.6. The third-order valence-corrected chi connectivity index (χ3v) is 9.10. The second kappa shape index (κ2) is 9.85. The van der Waals surface area contributed by atoms with Gasteiger partial charge in [-0.05, 0) is 91.2 Å². The first-order valence-electron chi connectivity index (χ1n) is 14.1. The molecule has 0 atom stereocenters. The van der Waals surface area contributed by atoms with Crippen molar-refractivity contribution in [1.29, 1.82) is 0 Å². The van der Waals surface area contributed by atoms with Gasteiger partial charge in [0.25, 0.3) is 0 Å². The van der Waals surface area contributed by atoms with Crippen LogP contribution in [0.4, 0.5) is 64.1 Å². The average molecular weight is 631 g/mol. The van der Waals surface area contributed by atoms with E-state index in [1.807, 2.05) is 0 Å². The van der Waals surface area contributed by atoms with Gasteiger partial charge in [-0.1, -0.05) is 0 Å². The van der Waals surface area contributed by atoms with Gasteiger partial charge in [-0.2, -0.15) is 52.7 Å². The molecule has 0 fully saturated rings. The normalized spacial score (nSPS) is 19.0. The SMILES string of the molecule is FC(F)(F)c1c2c3c(c(C(F)(F)F)c1Cc1c(C(F)(F)F)c4c5c(c1C(F)(F)F)CCCN5CCC4)CCCN3CCC2. The summed E-state index contributed by atoms with van der Waals surface area (Å²) in [7, 11) is 0. The Kier molecular flexibility index (Phi) is 6.93. The van der Waals surface area contributed by atoms with Crippen LogP contribution in [-0.4, -0.2) is 26.2 Å². The Balaban J connectivity index is 1.76. The smallest absolute Gasteiger partial charge is 0.371 e. The Labute approximate surface area is 238 Å². The third-order valence-electron chi connectivity index (χ3n) is 9.10. The molecule has 6 rings (SSSR count). The van der Waals surface area contributed by atoms with Crippen LogP contribution < -0.4 is 9.80 Å². The third kappa shape index (κ3) is 4.90. The predicted octanol–water partition coefficient (Wildman–Crippen LogP) is 8.75. The Bertz CT molecular complexity index is 1260. The van der Waals surface area contributed by atoms with Crippen LogP contribution in [0.15, 0.2) is 0 Å². The molecule has 4 aliphatic rings. The fourth-order valence-electron chi connectivity index (χ4n) is 7.91. The van der Waals surface area contributed by atoms with Crippen LogP contribution >= 0.6 is 0 Å². The molecule has 0 radical (unpaired) electrons. The first-order chi connectivity index (χ1) is 19.9. The maximum Gasteiger partial charge on any atom is 0.417 e. The Morgan fingerprint density at radius 3 is 0.837 bits per heavy atom. The van der Waals surface area contributed by atoms with Gasteiger partial charge in [0.05, 0.1) is 22.3 Å². The lowest BCUT2D eigenvalue weighted by atomic mass is 9.76. The molecule has 4 aliphatic heterocycles. The summed E-state index contributed by atoms with van der Waals surface area (Å²) < 4.78 is 178. The molecule has 0 saturated carbocycles. The number of alkyl halides is 12. The predicted molar refractivity (Wildman–Crippen MR) is 133 cm³/mol. The molecule has 0 spiro atoms. The van der Waals surface area contributed by atoms with Crippen molar-refractivity contribution in [1.82, 2.24) is 0 Å². The number of benzene rings is 2. The summed E-state index contributed by atoms with van der Waals surface area (Å²) in [6, 6.07) is 0. The molecular weight excluding hydrogens is 604 g/mol. The molecule has 0 aliphatic carbocycles. The van der Waals surface area contributed by atoms with Gasteiger partial charge in [0.15, 0.2) is 0 Å². The molecule has 0 bridgehead atoms. The van der Waals surface area contributed by atoms with E-state index in [0.717, 1.165) is 0 Å². The average Bonchev–Trinajstić information content (AvgIpc) is 2.86. The molecule has 2 nitrogen and oxygen atoms in total. The number of anilines is 2. The van der Waals surface area contributed by atoms with E-state index >= 15 is 0 Å². The van der Waals surface area contributed by atoms with Crippen LogP contribution in [0.25, 0.3) is 0 Å². The van der Waals surface area contributed by atoms with Gasteiger partial charge in [0.1, 0.15) is 0 Å². The van der Waals surface area contributed by atoms with Crippen molar-refractivity contribution in [3.63, 3.8) is 0 Å². The standard InChI is InChI=1S/C29H26F12N2/c30-26(31,32)20-14-5-1-9-42-10-2-6-15(24(14)42)21(27(33,34)35)18(20)13-19-22(28(36,37)38)16-7-3-11-43-12-4-8-17(25(16)43)23(19)29(39,40)41/h1-13H2. The van der Waals surface area contributed by atoms with E-state index in [1.165, 1.54) is 9.80 Å². The Morgan fingerprint density at radius 2 is 0.628 bits per heavy atom. The molecular formula is C29H26F12N2. The second-order valence-corrected chi connectivity index (χ2v) is 11.6. The highest BCUT2D eigenvalue weighted by Gasteiger charge is 2.51. The Morgan fingerprint density at radius 1 is 0.395 bits per heavy atom. The number of halogens is 12. The van der Waals surface area contributed by atoms with Gasteiger partial charge in [-0.25, -0.2) is 0 Å². The van der Waals surface area contributed by atoms with E-state index in [4.69, 9.17) is 0 Å². The van der Waals surface area contributed by atoms with Gasteiger partial charge in [-0.3, -0.25) is 0 Å². The van der Waals surface area contributed by atoms with E-state index < -0.39 is 86.8 Å². The number of hydrogen-bond donors (Lipinski definition) is 0. The molecule has 236 valence electrons. The summed E-state index contributed by atoms with van der Waals surface area (Å²) in [5.41, 5.74) is -12.6. The maximum absolute atomic E-state index is 14.8. The zero-order valence-electron chi connectivity index (χ0n) is 22.6. The minimum atomic E-state index is -5.46. The van der Waals surface area contributed by atoms with Crippen molar-refractivity contribution >= 4 is 11.4 Å². The summed E-state index contributed by atoms with van der Waals surface area (Å²) in [5, 5.41) is 0. The molecule has 43 heavy (non-hydrogen) atoms. The van der Waals surface area contributed by atoms with Crippen molar-refractivity contribution in [3.8, 4) is 0 Å². The van der Waals surface area contributed by atoms with Gasteiger partial charge in [-0.15, -0.1) is 0 Å². The molecule has 0 aromatic heterocycles. The summed E-state index contributed by atoms with van der Waals surface area (Å²) in [4.78, 5) is 2.84. The summed E-state index contributed by atoms with van der Waals surface area (Å²) in [6.07, 6.45) is -24.2. The number of hydrogen-bond acceptors (Lipinski definition) is 2. The minimum absolute atomic E-state index is 0.154. The van der Waals surface area contributed by atoms with Crippen molar-refractivity contribution in [2.45, 2.75) is 82.5 Å². The number of rotatable bonds is 2. The largest absolute Gasteiger partial charge is 0.417 e. The molecule has 2 aromatic rings. The molecule has 0 unspecified atom stereocenters. The summed E-state index contributed by atoms with van der Waals surface area (Å²) >= 11 is 0. The Hall–Kier alpha value is -2.80. The monoisotopic (exact) mass is 630 g/mol. The first kappa shape index (κ1) is 30.2. The fourth-order valence-corrected chi connectivity index (χ4v) is 7.91. The zero-order chi connectivity index (χ0) is 31.3. The quantitative estimate of drug-likeness (QED) is 0.306. The van der Waals surface area contributed by atoms with Crippen LogP contribution in [0.1, 0.15) is 81.3 Å². The van der Waals surface area contributed by atoms with Crippen LogP contribution in [-0.2, 0) is 56.8 Å². The summed E-state index contributed by atoms with van der Waals surface area (Å²) in [5.74, 6) is 0. The highest BCUT2D eigenvalue weighted by atomic mass is 19.4. The van der Waals surface area contributed by atoms with Crippen LogP contribution in [0.2, 0.25) is 0 Å². The van der Waals surface area contributed by atoms with Gasteiger partial charge < -0.3 is 9.80 Å². The van der Waals surface area contributed by atoms with Crippen molar-refractivity contribution in [3.05, 3.63) is 55.6 Å². The van der Waals surface area contributed by atoms with E-state index in [0.29, 0.717) is 0 Å². The molecule has 14 heteroatoms. The van der Waals surface area contributed by atoms with Crippen molar-refractivity contribution < 1.29 is 52.7 Å². The van der Waals surface area contributed by atoms with E-state index in [1.54, 1.807) is 0 Å². The van der Waals surface area contributed by atoms with Crippen molar-refractivity contribution in [2.75, 3.05) is 36.0 Å². The lowest BCUT2D eigenvalue weighted by Crippen LogP contribution is -2.39. The van der Waals surface area contributed by atoms with Gasteiger partial charge in [0, 0.05) is 37.6 Å². The second-order valence-electron chi connectivity index (χ2n) is 11.6. The van der Waals surface area contributed by atoms with Crippen LogP contribution in [0, 0.1) is 0 Å². The van der Waals surface area contributed by atoms with E-state index in [2.05, 4.69) is 0 Å². The molecule has 0 N–H and O–H groups in total. The highest BCUT2D eigenvalue weighted by molar-refractivity contribution is 5.74. The van der Waals surface area contributed by atoms with Gasteiger partial charge in [0.2, 0.25) is 0 Å². The van der Waals surface area contributed by atoms with Crippen molar-refractivity contribution in [2.24, 2.45) is 0 Å². The summed E-state index contributed by atoms with van der Waals surface area (Å²) in [6.45, 7) is 0.814. The van der Waals surface area contributed by atoms with Crippen LogP contribution in [0.3, 0.4) is 0 Å². The van der Waals surface area contributed by atoms with Gasteiger partial charge >= 0.3 is 24.7 Å². The molecule has 2 aromatic carbocycles. The first-order valence-corrected chi connectivity index (χ1v) is 14.1. The van der Waals surface area contributed by atoms with E-state index in [-0.39, 0.29) is 88.9 Å². The highest BCUT2D eigenvalue weighted by Crippen LogP contribution is 2.55. The lowest BCUT2D eigenvalue weighted by molar-refractivity contribution is -0.145. The molecule has 0 saturated heterocycles. The molecule has 0 amide bonds. The minimum Gasteiger partial charge on any atom is -0.371 e.